The number of halogens is 2. The lowest BCUT2D eigenvalue weighted by atomic mass is 10.1. The maximum Gasteiger partial charge on any atom is 0.355 e. The zero-order chi connectivity index (χ0) is 22.8. The first-order valence-electron chi connectivity index (χ1n) is 10.4. The standard InChI is InChI=1S/C22H23F2N5O3/c1-2-32-22(31)13-11-14(30)16-19(25)17(23)20(18(24)21(16)29(13)12-6-7-12)28-10-9-27-15-5-3-4-8-26-15/h3-5,8,11-12,28H,2,6-7,9-10,25H2,1H3,(H,26,27). The summed E-state index contributed by atoms with van der Waals surface area (Å²) in [7, 11) is 0. The lowest BCUT2D eigenvalue weighted by Gasteiger charge is -2.19. The maximum atomic E-state index is 15.6. The second-order valence-corrected chi connectivity index (χ2v) is 7.42. The van der Waals surface area contributed by atoms with Crippen LogP contribution in [0.3, 0.4) is 0 Å². The molecule has 0 saturated heterocycles. The van der Waals surface area contributed by atoms with Gasteiger partial charge in [-0.25, -0.2) is 18.6 Å². The van der Waals surface area contributed by atoms with Gasteiger partial charge in [-0.3, -0.25) is 4.79 Å². The Hall–Kier alpha value is -3.69. The van der Waals surface area contributed by atoms with Gasteiger partial charge in [0, 0.05) is 31.4 Å². The van der Waals surface area contributed by atoms with Crippen LogP contribution in [0.15, 0.2) is 35.3 Å². The monoisotopic (exact) mass is 443 g/mol. The first-order valence-corrected chi connectivity index (χ1v) is 10.4. The van der Waals surface area contributed by atoms with E-state index in [0.29, 0.717) is 25.2 Å². The van der Waals surface area contributed by atoms with Gasteiger partial charge < -0.3 is 25.7 Å². The molecule has 1 saturated carbocycles. The molecule has 3 aromatic rings. The topological polar surface area (TPSA) is 111 Å². The van der Waals surface area contributed by atoms with Crippen molar-refractivity contribution in [2.75, 3.05) is 36.1 Å². The van der Waals surface area contributed by atoms with Crippen LogP contribution in [0.1, 0.15) is 36.3 Å². The first kappa shape index (κ1) is 21.5. The molecule has 0 bridgehead atoms. The SMILES string of the molecule is CCOC(=O)c1cc(=O)c2c(N)c(F)c(NCCNc3ccccn3)c(F)c2n1C1CC1. The molecular weight excluding hydrogens is 420 g/mol. The quantitative estimate of drug-likeness (QED) is 0.278. The number of rotatable bonds is 8. The van der Waals surface area contributed by atoms with E-state index in [1.54, 1.807) is 25.3 Å². The molecule has 1 aliphatic rings. The summed E-state index contributed by atoms with van der Waals surface area (Å²) < 4.78 is 37.0. The Morgan fingerprint density at radius 3 is 2.66 bits per heavy atom. The Bertz CT molecular complexity index is 1230. The third-order valence-electron chi connectivity index (χ3n) is 5.20. The van der Waals surface area contributed by atoms with E-state index in [9.17, 15) is 14.0 Å². The van der Waals surface area contributed by atoms with Crippen LogP contribution >= 0.6 is 0 Å². The van der Waals surface area contributed by atoms with Crippen LogP contribution in [0.25, 0.3) is 10.9 Å². The Balaban J connectivity index is 1.75. The summed E-state index contributed by atoms with van der Waals surface area (Å²) >= 11 is 0. The molecule has 4 N–H and O–H groups in total. The fourth-order valence-corrected chi connectivity index (χ4v) is 3.63. The number of hydrogen-bond donors (Lipinski definition) is 3. The van der Waals surface area contributed by atoms with Crippen molar-refractivity contribution in [2.45, 2.75) is 25.8 Å². The minimum Gasteiger partial charge on any atom is -0.461 e. The van der Waals surface area contributed by atoms with Crippen LogP contribution < -0.4 is 21.8 Å². The third kappa shape index (κ3) is 3.95. The zero-order valence-electron chi connectivity index (χ0n) is 17.5. The van der Waals surface area contributed by atoms with Crippen molar-refractivity contribution in [1.82, 2.24) is 9.55 Å². The summed E-state index contributed by atoms with van der Waals surface area (Å²) in [5, 5.41) is 5.46. The summed E-state index contributed by atoms with van der Waals surface area (Å²) in [6, 6.07) is 6.19. The summed E-state index contributed by atoms with van der Waals surface area (Å²) in [6.07, 6.45) is 3.01. The van der Waals surface area contributed by atoms with E-state index in [1.807, 2.05) is 6.07 Å². The molecule has 8 nitrogen and oxygen atoms in total. The fraction of sp³-hybridized carbons (Fsp3) is 0.318. The first-order chi connectivity index (χ1) is 15.4. The molecule has 0 atom stereocenters. The number of nitrogens with zero attached hydrogens (tertiary/aromatic N) is 2. The van der Waals surface area contributed by atoms with Gasteiger partial charge in [-0.15, -0.1) is 0 Å². The number of pyridine rings is 2. The number of hydrogen-bond acceptors (Lipinski definition) is 7. The fourth-order valence-electron chi connectivity index (χ4n) is 3.63. The van der Waals surface area contributed by atoms with Gasteiger partial charge in [-0.1, -0.05) is 6.07 Å². The number of benzene rings is 1. The second kappa shape index (κ2) is 8.81. The third-order valence-corrected chi connectivity index (χ3v) is 5.20. The van der Waals surface area contributed by atoms with E-state index >= 15 is 4.39 Å². The number of carbonyl (C=O) groups excluding carboxylic acids is 1. The highest BCUT2D eigenvalue weighted by Gasteiger charge is 2.33. The van der Waals surface area contributed by atoms with Crippen molar-refractivity contribution in [1.29, 1.82) is 0 Å². The predicted octanol–water partition coefficient (Wildman–Crippen LogP) is 3.29. The number of aromatic nitrogens is 2. The molecule has 2 heterocycles. The van der Waals surface area contributed by atoms with Gasteiger partial charge in [0.25, 0.3) is 0 Å². The molecular formula is C22H23F2N5O3. The number of nitrogens with one attached hydrogen (secondary N) is 2. The number of fused-ring (bicyclic) bond motifs is 1. The minimum atomic E-state index is -1.05. The second-order valence-electron chi connectivity index (χ2n) is 7.42. The Labute approximate surface area is 182 Å². The normalized spacial score (nSPS) is 13.2. The number of nitrogen functional groups attached to an aromatic ring is 1. The van der Waals surface area contributed by atoms with Gasteiger partial charge in [0.05, 0.1) is 23.2 Å². The van der Waals surface area contributed by atoms with E-state index in [1.165, 1.54) is 4.57 Å². The lowest BCUT2D eigenvalue weighted by molar-refractivity contribution is 0.0513. The molecule has 1 aromatic carbocycles. The number of nitrogens with two attached hydrogens (primary N) is 1. The van der Waals surface area contributed by atoms with E-state index in [4.69, 9.17) is 10.5 Å². The van der Waals surface area contributed by atoms with Crippen LogP contribution in [0, 0.1) is 11.6 Å². The number of anilines is 3. The van der Waals surface area contributed by atoms with Crippen LogP contribution in [-0.2, 0) is 4.74 Å². The van der Waals surface area contributed by atoms with Crippen molar-refractivity contribution < 1.29 is 18.3 Å². The molecule has 1 aliphatic carbocycles. The van der Waals surface area contributed by atoms with E-state index in [2.05, 4.69) is 15.6 Å². The lowest BCUT2D eigenvalue weighted by Crippen LogP contribution is -2.23. The largest absolute Gasteiger partial charge is 0.461 e. The molecule has 0 amide bonds. The Morgan fingerprint density at radius 1 is 1.25 bits per heavy atom. The molecule has 4 rings (SSSR count). The molecule has 168 valence electrons. The van der Waals surface area contributed by atoms with Crippen LogP contribution in [0.2, 0.25) is 0 Å². The number of ether oxygens (including phenoxy) is 1. The highest BCUT2D eigenvalue weighted by molar-refractivity contribution is 5.98. The van der Waals surface area contributed by atoms with Crippen molar-refractivity contribution in [2.24, 2.45) is 0 Å². The minimum absolute atomic E-state index is 0.0699. The molecule has 2 aromatic heterocycles. The van der Waals surface area contributed by atoms with Crippen LogP contribution in [0.5, 0.6) is 0 Å². The maximum absolute atomic E-state index is 15.6. The summed E-state index contributed by atoms with van der Waals surface area (Å²) in [5.41, 5.74) is 4.01. The average Bonchev–Trinajstić information content (AvgIpc) is 3.62. The summed E-state index contributed by atoms with van der Waals surface area (Å²) in [4.78, 5) is 29.2. The van der Waals surface area contributed by atoms with Crippen molar-refractivity contribution in [3.05, 3.63) is 58.0 Å². The summed E-state index contributed by atoms with van der Waals surface area (Å²) in [6.45, 7) is 2.21. The molecule has 0 spiro atoms. The molecule has 0 aliphatic heterocycles. The highest BCUT2D eigenvalue weighted by atomic mass is 19.1. The molecule has 1 fully saturated rings. The van der Waals surface area contributed by atoms with Gasteiger partial charge in [0.15, 0.2) is 17.1 Å². The molecule has 10 heteroatoms. The number of esters is 1. The van der Waals surface area contributed by atoms with Crippen molar-refractivity contribution >= 4 is 34.1 Å². The average molecular weight is 443 g/mol. The zero-order valence-corrected chi connectivity index (χ0v) is 17.5. The Morgan fingerprint density at radius 2 is 2.00 bits per heavy atom. The van der Waals surface area contributed by atoms with Crippen molar-refractivity contribution in [3.63, 3.8) is 0 Å². The van der Waals surface area contributed by atoms with Gasteiger partial charge in [-0.05, 0) is 31.9 Å². The van der Waals surface area contributed by atoms with Gasteiger partial charge in [-0.2, -0.15) is 0 Å². The summed E-state index contributed by atoms with van der Waals surface area (Å²) in [5.74, 6) is -2.14. The van der Waals surface area contributed by atoms with Gasteiger partial charge in [0.1, 0.15) is 17.2 Å². The van der Waals surface area contributed by atoms with Crippen molar-refractivity contribution in [3.8, 4) is 0 Å². The van der Waals surface area contributed by atoms with Gasteiger partial charge in [0.2, 0.25) is 0 Å². The highest BCUT2D eigenvalue weighted by Crippen LogP contribution is 2.41. The van der Waals surface area contributed by atoms with E-state index in [-0.39, 0.29) is 35.8 Å². The van der Waals surface area contributed by atoms with Crippen LogP contribution in [-0.4, -0.2) is 35.2 Å². The van der Waals surface area contributed by atoms with E-state index in [0.717, 1.165) is 6.07 Å². The van der Waals surface area contributed by atoms with E-state index < -0.39 is 34.4 Å². The molecule has 0 radical (unpaired) electrons. The smallest absolute Gasteiger partial charge is 0.355 e. The number of carbonyl (C=O) groups is 1. The van der Waals surface area contributed by atoms with Gasteiger partial charge >= 0.3 is 5.97 Å². The van der Waals surface area contributed by atoms with Crippen LogP contribution in [0.4, 0.5) is 26.0 Å². The molecule has 0 unspecified atom stereocenters. The molecule has 32 heavy (non-hydrogen) atoms. The predicted molar refractivity (Wildman–Crippen MR) is 118 cm³/mol. The Kier molecular flexibility index (Phi) is 5.93.